The van der Waals surface area contributed by atoms with E-state index in [1.165, 1.54) is 0 Å². The van der Waals surface area contributed by atoms with Crippen LogP contribution in [0.4, 0.5) is 0 Å². The molecule has 90 valence electrons. The molecule has 0 saturated heterocycles. The Morgan fingerprint density at radius 1 is 1.22 bits per heavy atom. The maximum atomic E-state index is 12.1. The van der Waals surface area contributed by atoms with Gasteiger partial charge >= 0.3 is 0 Å². The van der Waals surface area contributed by atoms with Gasteiger partial charge in [0.15, 0.2) is 0 Å². The van der Waals surface area contributed by atoms with Crippen LogP contribution in [0, 0.1) is 0 Å². The molecule has 0 aliphatic heterocycles. The van der Waals surface area contributed by atoms with E-state index in [0.29, 0.717) is 11.9 Å². The minimum Gasteiger partial charge on any atom is -0.295 e. The lowest BCUT2D eigenvalue weighted by atomic mass is 10.2. The number of hydrogen-bond acceptors (Lipinski definition) is 2. The fourth-order valence-corrected chi connectivity index (χ4v) is 2.28. The van der Waals surface area contributed by atoms with Crippen LogP contribution in [0.5, 0.6) is 0 Å². The number of rotatable bonds is 2. The number of fused-ring (bicyclic) bond motifs is 1. The lowest BCUT2D eigenvalue weighted by Crippen LogP contribution is -2.17. The van der Waals surface area contributed by atoms with E-state index in [9.17, 15) is 4.79 Å². The Hall–Kier alpha value is -1.88. The summed E-state index contributed by atoms with van der Waals surface area (Å²) in [7, 11) is 0. The summed E-state index contributed by atoms with van der Waals surface area (Å²) >= 11 is 3.39. The van der Waals surface area contributed by atoms with Crippen LogP contribution in [0.25, 0.3) is 10.9 Å². The first kappa shape index (κ1) is 11.2. The number of H-pyrrole nitrogens is 1. The van der Waals surface area contributed by atoms with E-state index < -0.39 is 0 Å². The van der Waals surface area contributed by atoms with Crippen molar-refractivity contribution in [2.45, 2.75) is 6.54 Å². The van der Waals surface area contributed by atoms with Crippen LogP contribution >= 0.6 is 15.9 Å². The number of benzene rings is 1. The van der Waals surface area contributed by atoms with Crippen molar-refractivity contribution >= 4 is 26.8 Å². The molecule has 2 heterocycles. The average molecular weight is 304 g/mol. The maximum absolute atomic E-state index is 12.1. The van der Waals surface area contributed by atoms with Gasteiger partial charge in [-0.3, -0.25) is 14.9 Å². The number of hydrogen-bond donors (Lipinski definition) is 1. The molecular weight excluding hydrogens is 294 g/mol. The first-order valence-electron chi connectivity index (χ1n) is 5.51. The van der Waals surface area contributed by atoms with Crippen molar-refractivity contribution in [2.75, 3.05) is 0 Å². The van der Waals surface area contributed by atoms with Gasteiger partial charge in [0.05, 0.1) is 17.4 Å². The highest BCUT2D eigenvalue weighted by Gasteiger charge is 2.06. The Morgan fingerprint density at radius 3 is 2.78 bits per heavy atom. The van der Waals surface area contributed by atoms with Gasteiger partial charge in [0.2, 0.25) is 0 Å². The monoisotopic (exact) mass is 303 g/mol. The molecule has 3 rings (SSSR count). The molecule has 3 aromatic rings. The predicted molar refractivity (Wildman–Crippen MR) is 73.6 cm³/mol. The molecule has 0 bridgehead atoms. The molecule has 0 fully saturated rings. The average Bonchev–Trinajstić information content (AvgIpc) is 2.67. The van der Waals surface area contributed by atoms with Crippen LogP contribution in [0.2, 0.25) is 0 Å². The van der Waals surface area contributed by atoms with E-state index in [4.69, 9.17) is 0 Å². The van der Waals surface area contributed by atoms with E-state index in [2.05, 4.69) is 26.0 Å². The third-order valence-corrected chi connectivity index (χ3v) is 3.30. The second kappa shape index (κ2) is 4.42. The molecular formula is C13H10BrN3O. The summed E-state index contributed by atoms with van der Waals surface area (Å²) in [6.07, 6.45) is 3.44. The third-order valence-electron chi connectivity index (χ3n) is 2.80. The zero-order chi connectivity index (χ0) is 12.5. The van der Waals surface area contributed by atoms with Crippen molar-refractivity contribution in [3.05, 3.63) is 63.1 Å². The van der Waals surface area contributed by atoms with Gasteiger partial charge in [0.1, 0.15) is 0 Å². The molecule has 1 N–H and O–H groups in total. The summed E-state index contributed by atoms with van der Waals surface area (Å²) in [6, 6.07) is 9.39. The smallest absolute Gasteiger partial charge is 0.274 e. The molecule has 0 radical (unpaired) electrons. The van der Waals surface area contributed by atoms with E-state index in [1.807, 2.05) is 30.3 Å². The standard InChI is InChI=1S/C13H10BrN3O/c14-10-1-2-11-12(7-10)16-17(13(11)18)8-9-3-5-15-6-4-9/h1-7,16H,8H2. The quantitative estimate of drug-likeness (QED) is 0.791. The summed E-state index contributed by atoms with van der Waals surface area (Å²) in [5.74, 6) is 0. The van der Waals surface area contributed by atoms with Gasteiger partial charge in [0, 0.05) is 16.9 Å². The van der Waals surface area contributed by atoms with Gasteiger partial charge in [0.25, 0.3) is 5.56 Å². The highest BCUT2D eigenvalue weighted by atomic mass is 79.9. The van der Waals surface area contributed by atoms with Crippen LogP contribution in [-0.2, 0) is 6.54 Å². The van der Waals surface area contributed by atoms with E-state index in [0.717, 1.165) is 15.6 Å². The van der Waals surface area contributed by atoms with Crippen molar-refractivity contribution in [1.29, 1.82) is 0 Å². The number of halogens is 1. The van der Waals surface area contributed by atoms with Crippen LogP contribution in [-0.4, -0.2) is 14.8 Å². The second-order valence-electron chi connectivity index (χ2n) is 4.05. The molecule has 0 amide bonds. The number of aromatic nitrogens is 3. The molecule has 0 aliphatic carbocycles. The third kappa shape index (κ3) is 1.97. The summed E-state index contributed by atoms with van der Waals surface area (Å²) < 4.78 is 2.55. The van der Waals surface area contributed by atoms with Gasteiger partial charge in [-0.15, -0.1) is 0 Å². The summed E-state index contributed by atoms with van der Waals surface area (Å²) in [6.45, 7) is 0.521. The largest absolute Gasteiger partial charge is 0.295 e. The van der Waals surface area contributed by atoms with Crippen LogP contribution in [0.1, 0.15) is 5.56 Å². The van der Waals surface area contributed by atoms with Crippen molar-refractivity contribution in [3.63, 3.8) is 0 Å². The number of nitrogens with one attached hydrogen (secondary N) is 1. The molecule has 4 nitrogen and oxygen atoms in total. The molecule has 18 heavy (non-hydrogen) atoms. The van der Waals surface area contributed by atoms with Crippen LogP contribution in [0.15, 0.2) is 52.0 Å². The minimum absolute atomic E-state index is 0.00527. The minimum atomic E-state index is -0.00527. The highest BCUT2D eigenvalue weighted by molar-refractivity contribution is 9.10. The molecule has 0 unspecified atom stereocenters. The van der Waals surface area contributed by atoms with Crippen LogP contribution in [0.3, 0.4) is 0 Å². The zero-order valence-corrected chi connectivity index (χ0v) is 11.0. The van der Waals surface area contributed by atoms with E-state index in [-0.39, 0.29) is 5.56 Å². The zero-order valence-electron chi connectivity index (χ0n) is 9.43. The van der Waals surface area contributed by atoms with Crippen molar-refractivity contribution < 1.29 is 0 Å². The fourth-order valence-electron chi connectivity index (χ4n) is 1.92. The Morgan fingerprint density at radius 2 is 2.00 bits per heavy atom. The first-order chi connectivity index (χ1) is 8.74. The van der Waals surface area contributed by atoms with Crippen LogP contribution < -0.4 is 5.56 Å². The molecule has 2 aromatic heterocycles. The Balaban J connectivity index is 2.08. The van der Waals surface area contributed by atoms with Gasteiger partial charge in [-0.1, -0.05) is 15.9 Å². The van der Waals surface area contributed by atoms with Gasteiger partial charge < -0.3 is 0 Å². The SMILES string of the molecule is O=c1c2ccc(Br)cc2[nH]n1Cc1ccncc1. The van der Waals surface area contributed by atoms with Crippen molar-refractivity contribution in [2.24, 2.45) is 0 Å². The lowest BCUT2D eigenvalue weighted by molar-refractivity contribution is 0.671. The Labute approximate surface area is 111 Å². The Bertz CT molecular complexity index is 746. The number of aromatic amines is 1. The highest BCUT2D eigenvalue weighted by Crippen LogP contribution is 2.15. The lowest BCUT2D eigenvalue weighted by Gasteiger charge is -2.00. The molecule has 0 spiro atoms. The van der Waals surface area contributed by atoms with Gasteiger partial charge in [-0.2, -0.15) is 0 Å². The maximum Gasteiger partial charge on any atom is 0.274 e. The molecule has 5 heteroatoms. The summed E-state index contributed by atoms with van der Waals surface area (Å²) in [5.41, 5.74) is 1.87. The molecule has 0 saturated carbocycles. The molecule has 0 atom stereocenters. The summed E-state index contributed by atoms with van der Waals surface area (Å²) in [4.78, 5) is 16.1. The van der Waals surface area contributed by atoms with E-state index in [1.54, 1.807) is 17.1 Å². The molecule has 0 aliphatic rings. The number of nitrogens with zero attached hydrogens (tertiary/aromatic N) is 2. The Kier molecular flexibility index (Phi) is 2.76. The fraction of sp³-hybridized carbons (Fsp3) is 0.0769. The normalized spacial score (nSPS) is 10.9. The van der Waals surface area contributed by atoms with Gasteiger partial charge in [-0.05, 0) is 35.9 Å². The van der Waals surface area contributed by atoms with E-state index >= 15 is 0 Å². The predicted octanol–water partition coefficient (Wildman–Crippen LogP) is 2.54. The first-order valence-corrected chi connectivity index (χ1v) is 6.30. The summed E-state index contributed by atoms with van der Waals surface area (Å²) in [5, 5.41) is 3.81. The van der Waals surface area contributed by atoms with Crippen molar-refractivity contribution in [1.82, 2.24) is 14.8 Å². The number of pyridine rings is 1. The second-order valence-corrected chi connectivity index (χ2v) is 4.96. The van der Waals surface area contributed by atoms with Crippen molar-refractivity contribution in [3.8, 4) is 0 Å². The van der Waals surface area contributed by atoms with Gasteiger partial charge in [-0.25, -0.2) is 4.68 Å². The topological polar surface area (TPSA) is 50.7 Å². The molecule has 1 aromatic carbocycles.